The Morgan fingerprint density at radius 2 is 1.80 bits per heavy atom. The van der Waals surface area contributed by atoms with Crippen LogP contribution in [0.25, 0.3) is 22.9 Å². The molecule has 0 spiro atoms. The summed E-state index contributed by atoms with van der Waals surface area (Å²) < 4.78 is 1.97. The second-order valence-electron chi connectivity index (χ2n) is 6.03. The third-order valence-corrected chi connectivity index (χ3v) is 4.36. The predicted octanol–water partition coefficient (Wildman–Crippen LogP) is 3.09. The van der Waals surface area contributed by atoms with Gasteiger partial charge >= 0.3 is 0 Å². The van der Waals surface area contributed by atoms with Gasteiger partial charge < -0.3 is 10.3 Å². The molecule has 0 unspecified atom stereocenters. The van der Waals surface area contributed by atoms with Crippen LogP contribution in [0.2, 0.25) is 0 Å². The van der Waals surface area contributed by atoms with Crippen LogP contribution in [0.4, 0.5) is 5.82 Å². The molecule has 0 amide bonds. The van der Waals surface area contributed by atoms with Crippen LogP contribution in [-0.4, -0.2) is 24.5 Å². The van der Waals surface area contributed by atoms with Crippen LogP contribution >= 0.6 is 0 Å². The molecule has 0 aliphatic carbocycles. The van der Waals surface area contributed by atoms with Gasteiger partial charge in [-0.1, -0.05) is 30.3 Å². The fourth-order valence-electron chi connectivity index (χ4n) is 2.92. The minimum absolute atomic E-state index is 0.389. The summed E-state index contributed by atoms with van der Waals surface area (Å²) in [7, 11) is 0. The number of nitrogens with zero attached hydrogens (tertiary/aromatic N) is 5. The molecule has 124 valence electrons. The second-order valence-corrected chi connectivity index (χ2v) is 6.03. The number of aryl methyl sites for hydroxylation is 2. The Hall–Kier alpha value is -3.28. The summed E-state index contributed by atoms with van der Waals surface area (Å²) >= 11 is 0. The van der Waals surface area contributed by atoms with Crippen molar-refractivity contribution in [3.05, 3.63) is 65.7 Å². The minimum atomic E-state index is 0.389. The normalized spacial score (nSPS) is 11.1. The Kier molecular flexibility index (Phi) is 3.65. The zero-order valence-electron chi connectivity index (χ0n) is 14.1. The Bertz CT molecular complexity index is 986. The molecule has 25 heavy (non-hydrogen) atoms. The number of benzene rings is 1. The number of rotatable bonds is 3. The van der Waals surface area contributed by atoms with Gasteiger partial charge in [0.2, 0.25) is 0 Å². The van der Waals surface area contributed by atoms with Crippen molar-refractivity contribution >= 4 is 5.82 Å². The van der Waals surface area contributed by atoms with E-state index in [2.05, 4.69) is 21.9 Å². The highest BCUT2D eigenvalue weighted by molar-refractivity contribution is 5.71. The van der Waals surface area contributed by atoms with E-state index in [0.29, 0.717) is 23.9 Å². The van der Waals surface area contributed by atoms with E-state index in [1.807, 2.05) is 54.1 Å². The van der Waals surface area contributed by atoms with Crippen molar-refractivity contribution in [2.45, 2.75) is 20.4 Å². The molecule has 0 atom stereocenters. The fraction of sp³-hybridized carbons (Fsp3) is 0.158. The van der Waals surface area contributed by atoms with Crippen LogP contribution in [-0.2, 0) is 6.54 Å². The first kappa shape index (κ1) is 15.3. The number of fused-ring (bicyclic) bond motifs is 1. The van der Waals surface area contributed by atoms with Crippen LogP contribution in [0.5, 0.6) is 0 Å². The van der Waals surface area contributed by atoms with Crippen molar-refractivity contribution in [1.29, 1.82) is 0 Å². The molecular formula is C19H18N6. The summed E-state index contributed by atoms with van der Waals surface area (Å²) in [5.74, 6) is 1.78. The fourth-order valence-corrected chi connectivity index (χ4v) is 2.92. The standard InChI is InChI=1S/C19H18N6/c1-12-8-9-21-13(2)15(12)10-25-11-22-17(20)16-19(25)24-18(23-16)14-6-4-3-5-7-14/h3-9,11H,10,20H2,1-2H3. The van der Waals surface area contributed by atoms with Gasteiger partial charge in [0.25, 0.3) is 0 Å². The van der Waals surface area contributed by atoms with Gasteiger partial charge in [-0.2, -0.15) is 0 Å². The van der Waals surface area contributed by atoms with Gasteiger partial charge in [0.05, 0.1) is 12.9 Å². The van der Waals surface area contributed by atoms with Crippen LogP contribution in [0, 0.1) is 13.8 Å². The lowest BCUT2D eigenvalue weighted by atomic mass is 10.1. The maximum Gasteiger partial charge on any atom is 0.166 e. The minimum Gasteiger partial charge on any atom is -0.382 e. The highest BCUT2D eigenvalue weighted by Crippen LogP contribution is 2.28. The van der Waals surface area contributed by atoms with Crippen LogP contribution in [0.15, 0.2) is 48.9 Å². The first-order valence-electron chi connectivity index (χ1n) is 8.08. The Labute approximate surface area is 145 Å². The lowest BCUT2D eigenvalue weighted by molar-refractivity contribution is 0.749. The molecule has 0 saturated carbocycles. The molecule has 1 aromatic heterocycles. The number of anilines is 1. The van der Waals surface area contributed by atoms with Crippen molar-refractivity contribution in [2.75, 3.05) is 5.73 Å². The molecule has 2 N–H and O–H groups in total. The third kappa shape index (κ3) is 2.71. The van der Waals surface area contributed by atoms with Gasteiger partial charge in [-0.25, -0.2) is 15.0 Å². The zero-order chi connectivity index (χ0) is 17.4. The maximum atomic E-state index is 6.03. The molecular weight excluding hydrogens is 312 g/mol. The number of pyridine rings is 1. The molecule has 6 heteroatoms. The van der Waals surface area contributed by atoms with E-state index < -0.39 is 0 Å². The van der Waals surface area contributed by atoms with Gasteiger partial charge in [-0.3, -0.25) is 4.98 Å². The number of hydrogen-bond acceptors (Lipinski definition) is 5. The Balaban J connectivity index is 1.83. The van der Waals surface area contributed by atoms with Gasteiger partial charge in [-0.05, 0) is 31.0 Å². The lowest BCUT2D eigenvalue weighted by Gasteiger charge is -2.14. The van der Waals surface area contributed by atoms with E-state index in [-0.39, 0.29) is 0 Å². The first-order chi connectivity index (χ1) is 12.1. The molecule has 1 aromatic carbocycles. The van der Waals surface area contributed by atoms with E-state index >= 15 is 0 Å². The van der Waals surface area contributed by atoms with Crippen molar-refractivity contribution < 1.29 is 0 Å². The van der Waals surface area contributed by atoms with Crippen molar-refractivity contribution in [1.82, 2.24) is 24.5 Å². The van der Waals surface area contributed by atoms with Gasteiger partial charge in [0.15, 0.2) is 23.2 Å². The average Bonchev–Trinajstić information content (AvgIpc) is 3.07. The summed E-state index contributed by atoms with van der Waals surface area (Å²) in [4.78, 5) is 18.0. The van der Waals surface area contributed by atoms with E-state index in [1.165, 1.54) is 5.56 Å². The van der Waals surface area contributed by atoms with E-state index in [0.717, 1.165) is 22.6 Å². The molecule has 0 bridgehead atoms. The van der Waals surface area contributed by atoms with E-state index in [4.69, 9.17) is 10.7 Å². The number of hydrogen-bond donors (Lipinski definition) is 1. The molecule has 0 radical (unpaired) electrons. The van der Waals surface area contributed by atoms with E-state index in [9.17, 15) is 0 Å². The molecule has 3 heterocycles. The SMILES string of the molecule is Cc1ccnc(C)c1Cn1cnc(N)c2nc(-c3ccccc3)nc1-2. The summed E-state index contributed by atoms with van der Waals surface area (Å²) in [6.45, 7) is 4.72. The quantitative estimate of drug-likeness (QED) is 0.624. The molecule has 4 rings (SSSR count). The summed E-state index contributed by atoms with van der Waals surface area (Å²) in [6.07, 6.45) is 3.54. The molecule has 2 aromatic rings. The average molecular weight is 330 g/mol. The summed E-state index contributed by atoms with van der Waals surface area (Å²) in [5.41, 5.74) is 11.0. The number of aromatic nitrogens is 5. The first-order valence-corrected chi connectivity index (χ1v) is 8.08. The van der Waals surface area contributed by atoms with E-state index in [1.54, 1.807) is 6.33 Å². The van der Waals surface area contributed by atoms with Crippen molar-refractivity contribution in [3.8, 4) is 22.9 Å². The van der Waals surface area contributed by atoms with Crippen molar-refractivity contribution in [3.63, 3.8) is 0 Å². The van der Waals surface area contributed by atoms with Gasteiger partial charge in [0.1, 0.15) is 0 Å². The Morgan fingerprint density at radius 3 is 2.56 bits per heavy atom. The smallest absolute Gasteiger partial charge is 0.166 e. The molecule has 0 saturated heterocycles. The molecule has 2 aliphatic heterocycles. The maximum absolute atomic E-state index is 6.03. The lowest BCUT2D eigenvalue weighted by Crippen LogP contribution is -2.11. The van der Waals surface area contributed by atoms with Crippen LogP contribution < -0.4 is 5.73 Å². The largest absolute Gasteiger partial charge is 0.382 e. The predicted molar refractivity (Wildman–Crippen MR) is 97.1 cm³/mol. The number of nitrogens with two attached hydrogens (primary N) is 1. The number of nitrogen functional groups attached to an aromatic ring is 1. The monoisotopic (exact) mass is 330 g/mol. The molecule has 2 aliphatic rings. The summed E-state index contributed by atoms with van der Waals surface area (Å²) in [5, 5.41) is 0. The zero-order valence-corrected chi connectivity index (χ0v) is 14.1. The number of imidazole rings is 1. The second kappa shape index (κ2) is 5.98. The molecule has 0 fully saturated rings. The third-order valence-electron chi connectivity index (χ3n) is 4.36. The molecule has 6 nitrogen and oxygen atoms in total. The van der Waals surface area contributed by atoms with Crippen LogP contribution in [0.1, 0.15) is 16.8 Å². The van der Waals surface area contributed by atoms with Crippen LogP contribution in [0.3, 0.4) is 0 Å². The Morgan fingerprint density at radius 1 is 1.00 bits per heavy atom. The van der Waals surface area contributed by atoms with Gasteiger partial charge in [-0.15, -0.1) is 0 Å². The topological polar surface area (TPSA) is 82.5 Å². The highest BCUT2D eigenvalue weighted by atomic mass is 15.2. The van der Waals surface area contributed by atoms with Crippen molar-refractivity contribution in [2.24, 2.45) is 0 Å². The van der Waals surface area contributed by atoms with Gasteiger partial charge in [0, 0.05) is 17.5 Å². The summed E-state index contributed by atoms with van der Waals surface area (Å²) in [6, 6.07) is 11.9. The highest BCUT2D eigenvalue weighted by Gasteiger charge is 2.20.